The van der Waals surface area contributed by atoms with Gasteiger partial charge in [0.15, 0.2) is 5.52 Å². The van der Waals surface area contributed by atoms with Crippen molar-refractivity contribution in [3.63, 3.8) is 0 Å². The molecule has 1 saturated heterocycles. The second-order valence-electron chi connectivity index (χ2n) is 6.08. The van der Waals surface area contributed by atoms with E-state index in [4.69, 9.17) is 0 Å². The molecule has 1 aromatic heterocycles. The first kappa shape index (κ1) is 14.7. The number of rotatable bonds is 4. The van der Waals surface area contributed by atoms with Crippen LogP contribution in [0.2, 0.25) is 0 Å². The van der Waals surface area contributed by atoms with E-state index in [0.29, 0.717) is 12.1 Å². The van der Waals surface area contributed by atoms with Gasteiger partial charge in [-0.2, -0.15) is 0 Å². The molecule has 0 spiro atoms. The maximum atomic E-state index is 11.4. The molecule has 6 nitrogen and oxygen atoms in total. The molecule has 0 aliphatic carbocycles. The molecule has 4 rings (SSSR count). The van der Waals surface area contributed by atoms with Crippen molar-refractivity contribution in [2.75, 3.05) is 18.0 Å². The Labute approximate surface area is 139 Å². The van der Waals surface area contributed by atoms with E-state index in [2.05, 4.69) is 26.6 Å². The number of hydrogen-bond donors (Lipinski definition) is 0. The lowest BCUT2D eigenvalue weighted by Crippen LogP contribution is -2.22. The number of para-hydroxylation sites is 1. The van der Waals surface area contributed by atoms with Gasteiger partial charge < -0.3 is 9.47 Å². The van der Waals surface area contributed by atoms with Gasteiger partial charge in [0.1, 0.15) is 0 Å². The maximum absolute atomic E-state index is 11.4. The van der Waals surface area contributed by atoms with Crippen molar-refractivity contribution >= 4 is 22.7 Å². The Kier molecular flexibility index (Phi) is 3.65. The van der Waals surface area contributed by atoms with Crippen LogP contribution < -0.4 is 4.90 Å². The van der Waals surface area contributed by atoms with Crippen molar-refractivity contribution in [2.45, 2.75) is 19.4 Å². The summed E-state index contributed by atoms with van der Waals surface area (Å²) >= 11 is 0. The molecule has 0 radical (unpaired) electrons. The van der Waals surface area contributed by atoms with E-state index in [-0.39, 0.29) is 10.6 Å². The standard InChI is InChI=1S/C18H18N4O2/c23-22(24)16-10-6-9-15-17(16)19-18(20-11-4-5-12-20)21(15)13-14-7-2-1-3-8-14/h1-3,6-10H,4-5,11-13H2. The Morgan fingerprint density at radius 2 is 1.79 bits per heavy atom. The summed E-state index contributed by atoms with van der Waals surface area (Å²) in [7, 11) is 0. The van der Waals surface area contributed by atoms with Gasteiger partial charge in [0.2, 0.25) is 5.95 Å². The second-order valence-corrected chi connectivity index (χ2v) is 6.08. The Hall–Kier alpha value is -2.89. The molecule has 0 amide bonds. The molecule has 122 valence electrons. The Balaban J connectivity index is 1.89. The summed E-state index contributed by atoms with van der Waals surface area (Å²) < 4.78 is 2.10. The highest BCUT2D eigenvalue weighted by Crippen LogP contribution is 2.31. The van der Waals surface area contributed by atoms with Crippen LogP contribution in [0.4, 0.5) is 11.6 Å². The molecule has 1 aliphatic rings. The van der Waals surface area contributed by atoms with E-state index in [0.717, 1.165) is 43.0 Å². The van der Waals surface area contributed by atoms with Crippen molar-refractivity contribution in [1.82, 2.24) is 9.55 Å². The van der Waals surface area contributed by atoms with Crippen molar-refractivity contribution < 1.29 is 4.92 Å². The first-order valence-corrected chi connectivity index (χ1v) is 8.16. The van der Waals surface area contributed by atoms with Crippen LogP contribution in [0.5, 0.6) is 0 Å². The average Bonchev–Trinajstić information content (AvgIpc) is 3.23. The topological polar surface area (TPSA) is 64.2 Å². The van der Waals surface area contributed by atoms with Gasteiger partial charge in [0, 0.05) is 19.2 Å². The third kappa shape index (κ3) is 2.50. The highest BCUT2D eigenvalue weighted by Gasteiger charge is 2.24. The first-order valence-electron chi connectivity index (χ1n) is 8.16. The molecule has 0 saturated carbocycles. The molecule has 0 unspecified atom stereocenters. The highest BCUT2D eigenvalue weighted by molar-refractivity contribution is 5.87. The molecule has 3 aromatic rings. The van der Waals surface area contributed by atoms with E-state index in [1.807, 2.05) is 24.3 Å². The van der Waals surface area contributed by atoms with Gasteiger partial charge in [-0.15, -0.1) is 0 Å². The van der Waals surface area contributed by atoms with E-state index in [1.165, 1.54) is 6.07 Å². The van der Waals surface area contributed by atoms with Gasteiger partial charge in [-0.05, 0) is 24.5 Å². The zero-order valence-electron chi connectivity index (χ0n) is 13.3. The minimum Gasteiger partial charge on any atom is -0.342 e. The maximum Gasteiger partial charge on any atom is 0.297 e. The molecule has 2 aromatic carbocycles. The third-order valence-corrected chi connectivity index (χ3v) is 4.51. The number of aromatic nitrogens is 2. The number of nitro benzene ring substituents is 1. The summed E-state index contributed by atoms with van der Waals surface area (Å²) in [5, 5.41) is 11.4. The number of imidazole rings is 1. The van der Waals surface area contributed by atoms with Gasteiger partial charge in [-0.3, -0.25) is 10.1 Å². The number of benzene rings is 2. The number of hydrogen-bond acceptors (Lipinski definition) is 4. The largest absolute Gasteiger partial charge is 0.342 e. The summed E-state index contributed by atoms with van der Waals surface area (Å²) in [6.45, 7) is 2.56. The SMILES string of the molecule is O=[N+]([O-])c1cccc2c1nc(N1CCCC1)n2Cc1ccccc1. The van der Waals surface area contributed by atoms with Crippen LogP contribution in [-0.4, -0.2) is 27.6 Å². The number of non-ortho nitro benzene ring substituents is 1. The van der Waals surface area contributed by atoms with Crippen LogP contribution in [0, 0.1) is 10.1 Å². The fourth-order valence-corrected chi connectivity index (χ4v) is 3.35. The molecule has 0 atom stereocenters. The molecular formula is C18H18N4O2. The Morgan fingerprint density at radius 3 is 2.50 bits per heavy atom. The summed E-state index contributed by atoms with van der Waals surface area (Å²) in [4.78, 5) is 17.9. The predicted molar refractivity (Wildman–Crippen MR) is 93.4 cm³/mol. The normalized spacial score (nSPS) is 14.4. The van der Waals surface area contributed by atoms with Crippen molar-refractivity contribution in [3.05, 3.63) is 64.2 Å². The lowest BCUT2D eigenvalue weighted by molar-refractivity contribution is -0.383. The highest BCUT2D eigenvalue weighted by atomic mass is 16.6. The summed E-state index contributed by atoms with van der Waals surface area (Å²) in [5.74, 6) is 0.834. The molecule has 2 heterocycles. The number of nitro groups is 1. The van der Waals surface area contributed by atoms with Crippen LogP contribution >= 0.6 is 0 Å². The molecule has 0 N–H and O–H groups in total. The predicted octanol–water partition coefficient (Wildman–Crippen LogP) is 3.59. The van der Waals surface area contributed by atoms with E-state index < -0.39 is 0 Å². The molecule has 1 fully saturated rings. The van der Waals surface area contributed by atoms with Crippen LogP contribution in [0.15, 0.2) is 48.5 Å². The zero-order chi connectivity index (χ0) is 16.5. The van der Waals surface area contributed by atoms with Crippen LogP contribution in [0.3, 0.4) is 0 Å². The first-order chi connectivity index (χ1) is 11.7. The van der Waals surface area contributed by atoms with Gasteiger partial charge in [-0.1, -0.05) is 36.4 Å². The summed E-state index contributed by atoms with van der Waals surface area (Å²) in [6.07, 6.45) is 2.27. The van der Waals surface area contributed by atoms with E-state index in [9.17, 15) is 10.1 Å². The third-order valence-electron chi connectivity index (χ3n) is 4.51. The average molecular weight is 322 g/mol. The van der Waals surface area contributed by atoms with Gasteiger partial charge in [0.05, 0.1) is 17.0 Å². The van der Waals surface area contributed by atoms with Crippen LogP contribution in [0.25, 0.3) is 11.0 Å². The van der Waals surface area contributed by atoms with Gasteiger partial charge in [0.25, 0.3) is 5.69 Å². The second kappa shape index (κ2) is 5.96. The lowest BCUT2D eigenvalue weighted by Gasteiger charge is -2.18. The van der Waals surface area contributed by atoms with Gasteiger partial charge >= 0.3 is 0 Å². The molecule has 1 aliphatic heterocycles. The smallest absolute Gasteiger partial charge is 0.297 e. The number of nitrogens with zero attached hydrogens (tertiary/aromatic N) is 4. The van der Waals surface area contributed by atoms with Crippen molar-refractivity contribution in [1.29, 1.82) is 0 Å². The number of anilines is 1. The Morgan fingerprint density at radius 1 is 1.04 bits per heavy atom. The van der Waals surface area contributed by atoms with E-state index in [1.54, 1.807) is 6.07 Å². The molecule has 24 heavy (non-hydrogen) atoms. The molecule has 6 heteroatoms. The fourth-order valence-electron chi connectivity index (χ4n) is 3.35. The minimum atomic E-state index is -0.351. The summed E-state index contributed by atoms with van der Waals surface area (Å²) in [5.41, 5.74) is 2.51. The van der Waals surface area contributed by atoms with Crippen LogP contribution in [-0.2, 0) is 6.54 Å². The lowest BCUT2D eigenvalue weighted by atomic mass is 10.2. The van der Waals surface area contributed by atoms with Crippen molar-refractivity contribution in [2.24, 2.45) is 0 Å². The minimum absolute atomic E-state index is 0.0692. The van der Waals surface area contributed by atoms with Crippen LogP contribution in [0.1, 0.15) is 18.4 Å². The number of fused-ring (bicyclic) bond motifs is 1. The van der Waals surface area contributed by atoms with E-state index >= 15 is 0 Å². The zero-order valence-corrected chi connectivity index (χ0v) is 13.3. The Bertz CT molecular complexity index is 883. The molecule has 0 bridgehead atoms. The summed E-state index contributed by atoms with van der Waals surface area (Å²) in [6, 6.07) is 15.3. The quantitative estimate of drug-likeness (QED) is 0.544. The molecular weight excluding hydrogens is 304 g/mol. The van der Waals surface area contributed by atoms with Crippen molar-refractivity contribution in [3.8, 4) is 0 Å². The fraction of sp³-hybridized carbons (Fsp3) is 0.278. The monoisotopic (exact) mass is 322 g/mol. The van der Waals surface area contributed by atoms with Gasteiger partial charge in [-0.25, -0.2) is 4.98 Å².